The van der Waals surface area contributed by atoms with Gasteiger partial charge in [-0.1, -0.05) is 34.4 Å². The van der Waals surface area contributed by atoms with Crippen LogP contribution >= 0.6 is 45.7 Å². The van der Waals surface area contributed by atoms with E-state index in [0.29, 0.717) is 5.25 Å². The average Bonchev–Trinajstić information content (AvgIpc) is 2.99. The number of alkyl halides is 1. The number of hydrogen-bond donors (Lipinski definition) is 0. The second-order valence-corrected chi connectivity index (χ2v) is 8.33. The maximum absolute atomic E-state index is 12.7. The summed E-state index contributed by atoms with van der Waals surface area (Å²) in [6.07, 6.45) is 4.67. The van der Waals surface area contributed by atoms with Crippen LogP contribution in [0.2, 0.25) is 0 Å². The highest BCUT2D eigenvalue weighted by Crippen LogP contribution is 2.37. The van der Waals surface area contributed by atoms with Crippen molar-refractivity contribution in [3.63, 3.8) is 0 Å². The molecule has 19 heavy (non-hydrogen) atoms. The van der Waals surface area contributed by atoms with Crippen LogP contribution in [0.1, 0.15) is 23.3 Å². The van der Waals surface area contributed by atoms with Crippen LogP contribution in [-0.4, -0.2) is 19.2 Å². The van der Waals surface area contributed by atoms with Gasteiger partial charge in [-0.15, -0.1) is 11.3 Å². The highest BCUT2D eigenvalue weighted by molar-refractivity contribution is 14.1. The van der Waals surface area contributed by atoms with Crippen LogP contribution in [0, 0.1) is 0 Å². The van der Waals surface area contributed by atoms with Gasteiger partial charge < -0.3 is 0 Å². The molecule has 4 rings (SSSR count). The lowest BCUT2D eigenvalue weighted by Gasteiger charge is -2.10. The van der Waals surface area contributed by atoms with E-state index in [9.17, 15) is 4.79 Å². The van der Waals surface area contributed by atoms with Crippen LogP contribution in [0.4, 0.5) is 0 Å². The fraction of sp³-hybridized carbons (Fsp3) is 0.538. The predicted molar refractivity (Wildman–Crippen MR) is 89.1 cm³/mol. The third-order valence-electron chi connectivity index (χ3n) is 3.87. The van der Waals surface area contributed by atoms with Gasteiger partial charge in [0.15, 0.2) is 5.16 Å². The molecule has 0 amide bonds. The Morgan fingerprint density at radius 1 is 1.37 bits per heavy atom. The molecule has 2 aromatic heterocycles. The minimum atomic E-state index is 0.208. The normalized spacial score (nSPS) is 21.6. The second kappa shape index (κ2) is 4.73. The number of aromatic nitrogens is 2. The van der Waals surface area contributed by atoms with E-state index in [-0.39, 0.29) is 5.56 Å². The lowest BCUT2D eigenvalue weighted by atomic mass is 9.97. The van der Waals surface area contributed by atoms with Gasteiger partial charge in [0.25, 0.3) is 5.56 Å². The third-order valence-corrected chi connectivity index (χ3v) is 7.89. The maximum atomic E-state index is 12.7. The van der Waals surface area contributed by atoms with Crippen molar-refractivity contribution < 1.29 is 0 Å². The molecule has 0 saturated carbocycles. The summed E-state index contributed by atoms with van der Waals surface area (Å²) in [6, 6.07) is 0. The number of nitrogens with zero attached hydrogens (tertiary/aromatic N) is 2. The van der Waals surface area contributed by atoms with Crippen molar-refractivity contribution in [1.82, 2.24) is 9.55 Å². The Bertz CT molecular complexity index is 721. The topological polar surface area (TPSA) is 34.9 Å². The molecule has 0 fully saturated rings. The molecule has 2 aliphatic rings. The van der Waals surface area contributed by atoms with Crippen LogP contribution in [-0.2, 0) is 19.4 Å². The van der Waals surface area contributed by atoms with Crippen molar-refractivity contribution in [2.24, 2.45) is 0 Å². The summed E-state index contributed by atoms with van der Waals surface area (Å²) in [5.74, 6) is 0. The molecule has 0 saturated heterocycles. The predicted octanol–water partition coefficient (Wildman–Crippen LogP) is 3.25. The second-order valence-electron chi connectivity index (χ2n) is 5.10. The van der Waals surface area contributed by atoms with Gasteiger partial charge >= 0.3 is 0 Å². The van der Waals surface area contributed by atoms with Crippen molar-refractivity contribution in [2.45, 2.75) is 42.6 Å². The van der Waals surface area contributed by atoms with Gasteiger partial charge in [-0.05, 0) is 31.2 Å². The molecule has 1 aliphatic heterocycles. The Kier molecular flexibility index (Phi) is 3.15. The first-order valence-corrected chi connectivity index (χ1v) is 9.78. The van der Waals surface area contributed by atoms with Gasteiger partial charge in [0.05, 0.1) is 5.39 Å². The Balaban J connectivity index is 1.97. The fourth-order valence-corrected chi connectivity index (χ4v) is 6.08. The van der Waals surface area contributed by atoms with Gasteiger partial charge in [-0.2, -0.15) is 0 Å². The van der Waals surface area contributed by atoms with Gasteiger partial charge in [0, 0.05) is 21.1 Å². The molecule has 3 nitrogen and oxygen atoms in total. The number of thioether (sulfide) groups is 1. The Morgan fingerprint density at radius 3 is 3.05 bits per heavy atom. The fourth-order valence-electron chi connectivity index (χ4n) is 2.94. The zero-order valence-electron chi connectivity index (χ0n) is 10.3. The van der Waals surface area contributed by atoms with E-state index in [0.717, 1.165) is 39.2 Å². The molecule has 100 valence electrons. The van der Waals surface area contributed by atoms with E-state index in [1.807, 2.05) is 4.57 Å². The standard InChI is InChI=1S/C13H13IN2OS2/c14-5-7-6-16-12(17)10-8-3-1-2-4-9(8)19-11(10)15-13(16)18-7/h7H,1-6H2/t7-/m0/s1. The van der Waals surface area contributed by atoms with Crippen molar-refractivity contribution in [3.05, 3.63) is 20.8 Å². The van der Waals surface area contributed by atoms with Gasteiger partial charge in [0.1, 0.15) is 4.83 Å². The molecule has 6 heteroatoms. The molecule has 3 heterocycles. The summed E-state index contributed by atoms with van der Waals surface area (Å²) in [5.41, 5.74) is 1.52. The minimum absolute atomic E-state index is 0.208. The largest absolute Gasteiger partial charge is 0.286 e. The molecule has 0 radical (unpaired) electrons. The highest BCUT2D eigenvalue weighted by Gasteiger charge is 2.28. The number of rotatable bonds is 1. The Hall–Kier alpha value is -0.0800. The van der Waals surface area contributed by atoms with Crippen LogP contribution in [0.15, 0.2) is 9.95 Å². The van der Waals surface area contributed by atoms with Crippen LogP contribution in [0.3, 0.4) is 0 Å². The number of aryl methyl sites for hydroxylation is 2. The maximum Gasteiger partial charge on any atom is 0.263 e. The zero-order valence-corrected chi connectivity index (χ0v) is 14.1. The van der Waals surface area contributed by atoms with Crippen molar-refractivity contribution in [1.29, 1.82) is 0 Å². The quantitative estimate of drug-likeness (QED) is 0.416. The SMILES string of the molecule is O=c1c2c3c(sc2nc2n1C[C@H](CI)S2)CCCC3. The summed E-state index contributed by atoms with van der Waals surface area (Å²) in [7, 11) is 0. The van der Waals surface area contributed by atoms with E-state index in [2.05, 4.69) is 22.6 Å². The summed E-state index contributed by atoms with van der Waals surface area (Å²) in [5, 5.41) is 2.36. The number of hydrogen-bond acceptors (Lipinski definition) is 4. The van der Waals surface area contributed by atoms with Crippen molar-refractivity contribution in [3.8, 4) is 0 Å². The molecule has 0 aromatic carbocycles. The molecule has 1 aliphatic carbocycles. The first kappa shape index (κ1) is 12.6. The first-order chi connectivity index (χ1) is 9.28. The van der Waals surface area contributed by atoms with E-state index < -0.39 is 0 Å². The third kappa shape index (κ3) is 1.90. The minimum Gasteiger partial charge on any atom is -0.286 e. The lowest BCUT2D eigenvalue weighted by molar-refractivity contribution is 0.632. The molecular formula is C13H13IN2OS2. The van der Waals surface area contributed by atoms with Gasteiger partial charge in [-0.25, -0.2) is 4.98 Å². The number of halogens is 1. The summed E-state index contributed by atoms with van der Waals surface area (Å²) in [4.78, 5) is 19.9. The van der Waals surface area contributed by atoms with Crippen molar-refractivity contribution in [2.75, 3.05) is 4.43 Å². The Labute approximate surface area is 132 Å². The van der Waals surface area contributed by atoms with Crippen LogP contribution in [0.25, 0.3) is 10.2 Å². The molecule has 0 spiro atoms. The monoisotopic (exact) mass is 404 g/mol. The first-order valence-electron chi connectivity index (χ1n) is 6.55. The molecule has 1 atom stereocenters. The average molecular weight is 404 g/mol. The summed E-state index contributed by atoms with van der Waals surface area (Å²) in [6.45, 7) is 0.829. The van der Waals surface area contributed by atoms with E-state index in [1.165, 1.54) is 23.3 Å². The summed E-state index contributed by atoms with van der Waals surface area (Å²) < 4.78 is 2.97. The van der Waals surface area contributed by atoms with E-state index >= 15 is 0 Å². The van der Waals surface area contributed by atoms with Crippen molar-refractivity contribution >= 4 is 55.9 Å². The highest BCUT2D eigenvalue weighted by atomic mass is 127. The lowest BCUT2D eigenvalue weighted by Crippen LogP contribution is -2.22. The van der Waals surface area contributed by atoms with E-state index in [1.54, 1.807) is 23.1 Å². The van der Waals surface area contributed by atoms with Gasteiger partial charge in [0.2, 0.25) is 0 Å². The smallest absolute Gasteiger partial charge is 0.263 e. The Morgan fingerprint density at radius 2 is 2.21 bits per heavy atom. The summed E-state index contributed by atoms with van der Waals surface area (Å²) >= 11 is 5.90. The number of fused-ring (bicyclic) bond motifs is 4. The van der Waals surface area contributed by atoms with Gasteiger partial charge in [-0.3, -0.25) is 9.36 Å². The molecule has 0 N–H and O–H groups in total. The van der Waals surface area contributed by atoms with Crippen LogP contribution < -0.4 is 5.56 Å². The zero-order chi connectivity index (χ0) is 13.0. The van der Waals surface area contributed by atoms with Crippen LogP contribution in [0.5, 0.6) is 0 Å². The molecule has 0 bridgehead atoms. The molecule has 0 unspecified atom stereocenters. The van der Waals surface area contributed by atoms with E-state index in [4.69, 9.17) is 4.98 Å². The molecular weight excluding hydrogens is 391 g/mol. The number of thiophene rings is 1. The molecule has 2 aromatic rings.